The third kappa shape index (κ3) is 4.11. The number of amides is 1. The molecule has 1 aliphatic heterocycles. The summed E-state index contributed by atoms with van der Waals surface area (Å²) in [5.74, 6) is 0. The average molecular weight is 403 g/mol. The van der Waals surface area contributed by atoms with E-state index in [1.165, 1.54) is 0 Å². The van der Waals surface area contributed by atoms with E-state index in [9.17, 15) is 4.79 Å². The molecule has 2 heterocycles. The van der Waals surface area contributed by atoms with E-state index in [4.69, 9.17) is 4.74 Å². The predicted molar refractivity (Wildman–Crippen MR) is 101 cm³/mol. The number of benzene rings is 1. The fraction of sp³-hybridized carbons (Fsp3) is 0.222. The molecule has 25 heavy (non-hydrogen) atoms. The summed E-state index contributed by atoms with van der Waals surface area (Å²) >= 11 is 3.49. The van der Waals surface area contributed by atoms with Crippen molar-refractivity contribution >= 4 is 27.7 Å². The molecule has 0 bridgehead atoms. The Morgan fingerprint density at radius 3 is 2.92 bits per heavy atom. The zero-order valence-corrected chi connectivity index (χ0v) is 15.6. The van der Waals surface area contributed by atoms with Gasteiger partial charge in [-0.25, -0.2) is 4.79 Å². The van der Waals surface area contributed by atoms with Gasteiger partial charge in [-0.2, -0.15) is 5.10 Å². The molecular formula is C18H19BrN4O2. The van der Waals surface area contributed by atoms with Crippen LogP contribution in [0, 0.1) is 0 Å². The number of nitrogens with one attached hydrogen (secondary N) is 1. The van der Waals surface area contributed by atoms with E-state index in [1.807, 2.05) is 67.6 Å². The summed E-state index contributed by atoms with van der Waals surface area (Å²) in [5.41, 5.74) is 2.55. The first-order valence-electron chi connectivity index (χ1n) is 7.89. The Labute approximate surface area is 154 Å². The number of aryl methyl sites for hydroxylation is 1. The van der Waals surface area contributed by atoms with Crippen molar-refractivity contribution in [3.05, 3.63) is 59.4 Å². The smallest absolute Gasteiger partial charge is 0.413 e. The molecule has 1 atom stereocenters. The lowest BCUT2D eigenvalue weighted by atomic mass is 10.1. The minimum Gasteiger partial charge on any atom is -0.425 e. The zero-order valence-electron chi connectivity index (χ0n) is 14.0. The van der Waals surface area contributed by atoms with Crippen LogP contribution in [0.5, 0.6) is 0 Å². The van der Waals surface area contributed by atoms with E-state index < -0.39 is 6.09 Å². The molecule has 1 unspecified atom stereocenters. The summed E-state index contributed by atoms with van der Waals surface area (Å²) in [5, 5.41) is 6.99. The normalized spacial score (nSPS) is 14.4. The topological polar surface area (TPSA) is 59.4 Å². The Hall–Kier alpha value is -2.54. The lowest BCUT2D eigenvalue weighted by Gasteiger charge is -2.27. The molecule has 0 aliphatic carbocycles. The molecule has 0 saturated carbocycles. The summed E-state index contributed by atoms with van der Waals surface area (Å²) in [6, 6.07) is 7.55. The number of anilines is 1. The van der Waals surface area contributed by atoms with Crippen LogP contribution < -0.4 is 5.32 Å². The number of halogens is 1. The van der Waals surface area contributed by atoms with Crippen LogP contribution in [0.3, 0.4) is 0 Å². The first-order chi connectivity index (χ1) is 12.0. The van der Waals surface area contributed by atoms with Crippen LogP contribution in [-0.4, -0.2) is 33.5 Å². The van der Waals surface area contributed by atoms with Crippen LogP contribution in [0.1, 0.15) is 6.92 Å². The number of carbonyl (C=O) groups is 1. The highest BCUT2D eigenvalue weighted by Crippen LogP contribution is 2.29. The Morgan fingerprint density at radius 1 is 1.40 bits per heavy atom. The first kappa shape index (κ1) is 17.3. The highest BCUT2D eigenvalue weighted by atomic mass is 79.9. The van der Waals surface area contributed by atoms with Gasteiger partial charge in [-0.3, -0.25) is 10.00 Å². The van der Waals surface area contributed by atoms with Gasteiger partial charge in [0, 0.05) is 31.0 Å². The first-order valence-corrected chi connectivity index (χ1v) is 8.68. The molecule has 1 N–H and O–H groups in total. The van der Waals surface area contributed by atoms with Crippen LogP contribution in [0.2, 0.25) is 0 Å². The van der Waals surface area contributed by atoms with Crippen molar-refractivity contribution in [3.63, 3.8) is 0 Å². The monoisotopic (exact) mass is 402 g/mol. The summed E-state index contributed by atoms with van der Waals surface area (Å²) < 4.78 is 8.11. The largest absolute Gasteiger partial charge is 0.425 e. The summed E-state index contributed by atoms with van der Waals surface area (Å²) in [6.07, 6.45) is 8.69. The highest BCUT2D eigenvalue weighted by molar-refractivity contribution is 9.10. The van der Waals surface area contributed by atoms with Crippen molar-refractivity contribution in [2.75, 3.05) is 11.9 Å². The Kier molecular flexibility index (Phi) is 5.23. The standard InChI is InChI=1S/C18H19BrN4O2/c1-13(23-9-4-3-5-10-23)25-18(24)21-15-8-6-7-14(11-15)17-16(19)12-20-22(17)2/h3-9,11-13H,10H2,1-2H3,(H,21,24). The molecule has 0 spiro atoms. The SMILES string of the molecule is CC(OC(=O)Nc1cccc(-c2c(Br)cnn2C)c1)N1C=CC=CC1. The van der Waals surface area contributed by atoms with Gasteiger partial charge in [0.15, 0.2) is 6.23 Å². The minimum absolute atomic E-state index is 0.351. The van der Waals surface area contributed by atoms with Crippen LogP contribution in [-0.2, 0) is 11.8 Å². The Bertz CT molecular complexity index is 809. The quantitative estimate of drug-likeness (QED) is 0.834. The van der Waals surface area contributed by atoms with E-state index in [0.717, 1.165) is 22.3 Å². The van der Waals surface area contributed by atoms with Crippen molar-refractivity contribution in [3.8, 4) is 11.3 Å². The molecule has 1 aliphatic rings. The number of aromatic nitrogens is 2. The molecule has 0 radical (unpaired) electrons. The Morgan fingerprint density at radius 2 is 2.24 bits per heavy atom. The Balaban J connectivity index is 1.67. The van der Waals surface area contributed by atoms with Gasteiger partial charge in [0.1, 0.15) is 0 Å². The van der Waals surface area contributed by atoms with Gasteiger partial charge in [0.25, 0.3) is 0 Å². The maximum absolute atomic E-state index is 12.2. The number of hydrogen-bond acceptors (Lipinski definition) is 4. The number of nitrogens with zero attached hydrogens (tertiary/aromatic N) is 3. The molecule has 3 rings (SSSR count). The number of hydrogen-bond donors (Lipinski definition) is 1. The second-order valence-corrected chi connectivity index (χ2v) is 6.50. The van der Waals surface area contributed by atoms with Crippen molar-refractivity contribution in [1.29, 1.82) is 0 Å². The second-order valence-electron chi connectivity index (χ2n) is 5.64. The molecule has 0 fully saturated rings. The molecule has 0 saturated heterocycles. The molecule has 6 nitrogen and oxygen atoms in total. The lowest BCUT2D eigenvalue weighted by Crippen LogP contribution is -2.34. The summed E-state index contributed by atoms with van der Waals surface area (Å²) in [4.78, 5) is 14.1. The van der Waals surface area contributed by atoms with Crippen LogP contribution in [0.25, 0.3) is 11.3 Å². The lowest BCUT2D eigenvalue weighted by molar-refractivity contribution is 0.0386. The van der Waals surface area contributed by atoms with Crippen molar-refractivity contribution in [1.82, 2.24) is 14.7 Å². The van der Waals surface area contributed by atoms with E-state index >= 15 is 0 Å². The number of allylic oxidation sites excluding steroid dienone is 2. The number of carbonyl (C=O) groups excluding carboxylic acids is 1. The van der Waals surface area contributed by atoms with Gasteiger partial charge in [-0.05, 0) is 41.1 Å². The van der Waals surface area contributed by atoms with Crippen molar-refractivity contribution in [2.45, 2.75) is 13.2 Å². The maximum Gasteiger partial charge on any atom is 0.413 e. The minimum atomic E-state index is -0.489. The molecule has 1 aromatic carbocycles. The third-order valence-electron chi connectivity index (χ3n) is 3.86. The fourth-order valence-corrected chi connectivity index (χ4v) is 3.18. The van der Waals surface area contributed by atoms with E-state index in [1.54, 1.807) is 10.9 Å². The van der Waals surface area contributed by atoms with E-state index in [-0.39, 0.29) is 6.23 Å². The molecule has 130 valence electrons. The van der Waals surface area contributed by atoms with Gasteiger partial charge >= 0.3 is 6.09 Å². The van der Waals surface area contributed by atoms with Gasteiger partial charge in [0.2, 0.25) is 0 Å². The van der Waals surface area contributed by atoms with E-state index in [2.05, 4.69) is 26.3 Å². The molecule has 1 amide bonds. The molecule has 7 heteroatoms. The number of ether oxygens (including phenoxy) is 1. The predicted octanol–water partition coefficient (Wildman–Crippen LogP) is 4.13. The third-order valence-corrected chi connectivity index (χ3v) is 4.44. The molecule has 1 aromatic heterocycles. The van der Waals surface area contributed by atoms with Gasteiger partial charge in [0.05, 0.1) is 16.4 Å². The van der Waals surface area contributed by atoms with Crippen LogP contribution in [0.15, 0.2) is 59.4 Å². The summed E-state index contributed by atoms with van der Waals surface area (Å²) in [7, 11) is 1.87. The van der Waals surface area contributed by atoms with E-state index in [0.29, 0.717) is 5.69 Å². The van der Waals surface area contributed by atoms with Gasteiger partial charge in [-0.15, -0.1) is 0 Å². The summed E-state index contributed by atoms with van der Waals surface area (Å²) in [6.45, 7) is 2.56. The van der Waals surface area contributed by atoms with Gasteiger partial charge in [-0.1, -0.05) is 24.3 Å². The van der Waals surface area contributed by atoms with Crippen molar-refractivity contribution in [2.24, 2.45) is 7.05 Å². The van der Waals surface area contributed by atoms with Crippen molar-refractivity contribution < 1.29 is 9.53 Å². The fourth-order valence-electron chi connectivity index (χ4n) is 2.60. The average Bonchev–Trinajstić information content (AvgIpc) is 2.94. The zero-order chi connectivity index (χ0) is 17.8. The number of rotatable bonds is 4. The maximum atomic E-state index is 12.2. The highest BCUT2D eigenvalue weighted by Gasteiger charge is 2.16. The molecule has 2 aromatic rings. The molecular weight excluding hydrogens is 384 g/mol. The second kappa shape index (κ2) is 7.57. The van der Waals surface area contributed by atoms with Crippen LogP contribution >= 0.6 is 15.9 Å². The van der Waals surface area contributed by atoms with Crippen LogP contribution in [0.4, 0.5) is 10.5 Å². The van der Waals surface area contributed by atoms with Gasteiger partial charge < -0.3 is 9.64 Å².